The predicted octanol–water partition coefficient (Wildman–Crippen LogP) is 3.11. The molecule has 0 spiro atoms. The first-order chi connectivity index (χ1) is 4.74. The molecule has 0 saturated carbocycles. The molecule has 10 heavy (non-hydrogen) atoms. The van der Waals surface area contributed by atoms with Crippen LogP contribution in [0.5, 0.6) is 0 Å². The van der Waals surface area contributed by atoms with Crippen LogP contribution in [0, 0.1) is 0 Å². The van der Waals surface area contributed by atoms with E-state index in [2.05, 4.69) is 4.98 Å². The van der Waals surface area contributed by atoms with Gasteiger partial charge in [-0.2, -0.15) is 0 Å². The molecule has 1 nitrogen and oxygen atoms in total. The lowest BCUT2D eigenvalue weighted by atomic mass is 10.5. The smallest absolute Gasteiger partial charge is 0.114 e. The number of pyridine rings is 1. The summed E-state index contributed by atoms with van der Waals surface area (Å²) in [7, 11) is 0. The topological polar surface area (TPSA) is 12.9 Å². The molecular formula is C6H5Cl2NS. The Balaban J connectivity index is 3.07. The first kappa shape index (κ1) is 8.18. The van der Waals surface area contributed by atoms with E-state index in [-0.39, 0.29) is 0 Å². The van der Waals surface area contributed by atoms with Crippen molar-refractivity contribution in [3.63, 3.8) is 0 Å². The maximum absolute atomic E-state index is 5.76. The minimum atomic E-state index is 0.572. The Morgan fingerprint density at radius 1 is 1.50 bits per heavy atom. The highest BCUT2D eigenvalue weighted by Crippen LogP contribution is 2.24. The molecule has 4 heteroatoms. The molecule has 1 heterocycles. The normalized spacial score (nSPS) is 9.90. The van der Waals surface area contributed by atoms with Crippen molar-refractivity contribution in [2.45, 2.75) is 5.03 Å². The summed E-state index contributed by atoms with van der Waals surface area (Å²) >= 11 is 12.9. The maximum Gasteiger partial charge on any atom is 0.114 e. The highest BCUT2D eigenvalue weighted by atomic mass is 35.5. The molecule has 0 saturated heterocycles. The highest BCUT2D eigenvalue weighted by Gasteiger charge is 1.99. The average molecular weight is 194 g/mol. The van der Waals surface area contributed by atoms with E-state index in [0.717, 1.165) is 5.03 Å². The van der Waals surface area contributed by atoms with E-state index in [1.807, 2.05) is 6.26 Å². The number of aromatic nitrogens is 1. The summed E-state index contributed by atoms with van der Waals surface area (Å²) in [5, 5.41) is 1.99. The van der Waals surface area contributed by atoms with Crippen LogP contribution in [0.15, 0.2) is 17.3 Å². The zero-order valence-corrected chi connectivity index (χ0v) is 7.59. The van der Waals surface area contributed by atoms with Gasteiger partial charge in [-0.05, 0) is 12.3 Å². The molecule has 0 aliphatic heterocycles. The van der Waals surface area contributed by atoms with Gasteiger partial charge in [0.15, 0.2) is 0 Å². The Hall–Kier alpha value is 0.0800. The Labute approximate surface area is 73.7 Å². The molecule has 0 atom stereocenters. The van der Waals surface area contributed by atoms with Gasteiger partial charge in [0, 0.05) is 6.20 Å². The number of thioether (sulfide) groups is 1. The second-order valence-corrected chi connectivity index (χ2v) is 3.28. The van der Waals surface area contributed by atoms with Gasteiger partial charge in [0.2, 0.25) is 0 Å². The summed E-state index contributed by atoms with van der Waals surface area (Å²) in [6.07, 6.45) is 3.50. The van der Waals surface area contributed by atoms with Gasteiger partial charge in [-0.15, -0.1) is 11.8 Å². The molecule has 0 amide bonds. The van der Waals surface area contributed by atoms with Gasteiger partial charge in [0.1, 0.15) is 5.03 Å². The van der Waals surface area contributed by atoms with Crippen molar-refractivity contribution in [1.29, 1.82) is 0 Å². The SMILES string of the molecule is CSc1ncc(Cl)cc1Cl. The molecule has 0 aliphatic carbocycles. The molecule has 0 aliphatic rings. The average Bonchev–Trinajstić information content (AvgIpc) is 1.88. The van der Waals surface area contributed by atoms with Gasteiger partial charge >= 0.3 is 0 Å². The number of rotatable bonds is 1. The van der Waals surface area contributed by atoms with Crippen molar-refractivity contribution in [2.75, 3.05) is 6.26 Å². The standard InChI is InChI=1S/C6H5Cl2NS/c1-10-6-5(8)2-4(7)3-9-6/h2-3H,1H3. The summed E-state index contributed by atoms with van der Waals surface area (Å²) in [4.78, 5) is 4.00. The molecule has 0 aromatic carbocycles. The lowest BCUT2D eigenvalue weighted by Gasteiger charge is -1.97. The van der Waals surface area contributed by atoms with E-state index >= 15 is 0 Å². The number of hydrogen-bond acceptors (Lipinski definition) is 2. The fourth-order valence-corrected chi connectivity index (χ4v) is 1.58. The monoisotopic (exact) mass is 193 g/mol. The molecule has 1 aromatic rings. The lowest BCUT2D eigenvalue weighted by molar-refractivity contribution is 1.14. The number of nitrogens with zero attached hydrogens (tertiary/aromatic N) is 1. The van der Waals surface area contributed by atoms with Gasteiger partial charge < -0.3 is 0 Å². The van der Waals surface area contributed by atoms with E-state index < -0.39 is 0 Å². The molecule has 0 fully saturated rings. The zero-order valence-electron chi connectivity index (χ0n) is 5.27. The zero-order chi connectivity index (χ0) is 7.56. The third-order valence-electron chi connectivity index (χ3n) is 0.967. The third kappa shape index (κ3) is 1.78. The van der Waals surface area contributed by atoms with Crippen molar-refractivity contribution in [2.24, 2.45) is 0 Å². The first-order valence-electron chi connectivity index (χ1n) is 2.59. The van der Waals surface area contributed by atoms with E-state index in [1.165, 1.54) is 11.8 Å². The van der Waals surface area contributed by atoms with Crippen LogP contribution in [-0.4, -0.2) is 11.2 Å². The highest BCUT2D eigenvalue weighted by molar-refractivity contribution is 7.98. The number of halogens is 2. The molecule has 54 valence electrons. The van der Waals surface area contributed by atoms with Crippen LogP contribution in [0.1, 0.15) is 0 Å². The summed E-state index contributed by atoms with van der Waals surface area (Å²) in [5.41, 5.74) is 0. The van der Waals surface area contributed by atoms with Gasteiger partial charge in [0.25, 0.3) is 0 Å². The van der Waals surface area contributed by atoms with Crippen LogP contribution >= 0.6 is 35.0 Å². The summed E-state index contributed by atoms with van der Waals surface area (Å²) in [6, 6.07) is 1.68. The third-order valence-corrected chi connectivity index (χ3v) is 2.29. The van der Waals surface area contributed by atoms with Crippen LogP contribution < -0.4 is 0 Å². The van der Waals surface area contributed by atoms with Gasteiger partial charge in [-0.1, -0.05) is 23.2 Å². The molecule has 0 bridgehead atoms. The van der Waals surface area contributed by atoms with E-state index in [0.29, 0.717) is 10.0 Å². The second-order valence-electron chi connectivity index (χ2n) is 1.64. The van der Waals surface area contributed by atoms with E-state index in [1.54, 1.807) is 12.3 Å². The quantitative estimate of drug-likeness (QED) is 0.637. The van der Waals surface area contributed by atoms with Crippen LogP contribution in [-0.2, 0) is 0 Å². The Kier molecular flexibility index (Phi) is 2.83. The molecule has 0 N–H and O–H groups in total. The fourth-order valence-electron chi connectivity index (χ4n) is 0.552. The Morgan fingerprint density at radius 2 is 2.20 bits per heavy atom. The van der Waals surface area contributed by atoms with Crippen LogP contribution in [0.4, 0.5) is 0 Å². The fraction of sp³-hybridized carbons (Fsp3) is 0.167. The first-order valence-corrected chi connectivity index (χ1v) is 4.57. The predicted molar refractivity (Wildman–Crippen MR) is 46.0 cm³/mol. The second kappa shape index (κ2) is 3.46. The Bertz CT molecular complexity index is 239. The van der Waals surface area contributed by atoms with Crippen LogP contribution in [0.2, 0.25) is 10.0 Å². The molecule has 1 aromatic heterocycles. The maximum atomic E-state index is 5.76. The number of hydrogen-bond donors (Lipinski definition) is 0. The van der Waals surface area contributed by atoms with Crippen LogP contribution in [0.3, 0.4) is 0 Å². The largest absolute Gasteiger partial charge is 0.247 e. The van der Waals surface area contributed by atoms with Gasteiger partial charge in [-0.3, -0.25) is 0 Å². The van der Waals surface area contributed by atoms with Crippen molar-refractivity contribution >= 4 is 35.0 Å². The lowest BCUT2D eigenvalue weighted by Crippen LogP contribution is -1.78. The van der Waals surface area contributed by atoms with Gasteiger partial charge in [-0.25, -0.2) is 4.98 Å². The van der Waals surface area contributed by atoms with E-state index in [4.69, 9.17) is 23.2 Å². The van der Waals surface area contributed by atoms with Crippen molar-refractivity contribution in [3.05, 3.63) is 22.3 Å². The van der Waals surface area contributed by atoms with Crippen molar-refractivity contribution < 1.29 is 0 Å². The minimum Gasteiger partial charge on any atom is -0.247 e. The molecule has 1 rings (SSSR count). The summed E-state index contributed by atoms with van der Waals surface area (Å²) in [6.45, 7) is 0. The molecule has 0 unspecified atom stereocenters. The van der Waals surface area contributed by atoms with Crippen molar-refractivity contribution in [3.8, 4) is 0 Å². The van der Waals surface area contributed by atoms with Gasteiger partial charge in [0.05, 0.1) is 10.0 Å². The summed E-state index contributed by atoms with van der Waals surface area (Å²) < 4.78 is 0. The molecular weight excluding hydrogens is 189 g/mol. The minimum absolute atomic E-state index is 0.572. The van der Waals surface area contributed by atoms with E-state index in [9.17, 15) is 0 Å². The Morgan fingerprint density at radius 3 is 2.70 bits per heavy atom. The molecule has 0 radical (unpaired) electrons. The summed E-state index contributed by atoms with van der Waals surface area (Å²) in [5.74, 6) is 0. The van der Waals surface area contributed by atoms with Crippen molar-refractivity contribution in [1.82, 2.24) is 4.98 Å². The van der Waals surface area contributed by atoms with Crippen LogP contribution in [0.25, 0.3) is 0 Å².